The minimum Gasteiger partial charge on any atom is -0.496 e. The smallest absolute Gasteiger partial charge is 0.226 e. The molecular formula is C25H24F2N2O3. The van der Waals surface area contributed by atoms with E-state index in [1.165, 1.54) is 37.4 Å². The van der Waals surface area contributed by atoms with Crippen molar-refractivity contribution in [2.75, 3.05) is 19.1 Å². The van der Waals surface area contributed by atoms with Crippen LogP contribution >= 0.6 is 0 Å². The number of rotatable bonds is 8. The van der Waals surface area contributed by atoms with Gasteiger partial charge < -0.3 is 9.64 Å². The van der Waals surface area contributed by atoms with Gasteiger partial charge >= 0.3 is 0 Å². The Hall–Kier alpha value is -3.61. The molecule has 3 rings (SSSR count). The molecule has 0 spiro atoms. The highest BCUT2D eigenvalue weighted by molar-refractivity contribution is 5.97. The predicted octanol–water partition coefficient (Wildman–Crippen LogP) is 5.22. The zero-order valence-electron chi connectivity index (χ0n) is 18.2. The summed E-state index contributed by atoms with van der Waals surface area (Å²) in [5.41, 5.74) is 2.62. The third-order valence-corrected chi connectivity index (χ3v) is 5.25. The van der Waals surface area contributed by atoms with E-state index in [0.29, 0.717) is 28.9 Å². The van der Waals surface area contributed by atoms with E-state index in [1.807, 2.05) is 0 Å². The highest BCUT2D eigenvalue weighted by Crippen LogP contribution is 2.34. The molecule has 7 heteroatoms. The van der Waals surface area contributed by atoms with Crippen molar-refractivity contribution in [3.63, 3.8) is 0 Å². The lowest BCUT2D eigenvalue weighted by atomic mass is 9.98. The van der Waals surface area contributed by atoms with Gasteiger partial charge in [-0.05, 0) is 47.9 Å². The first-order valence-electron chi connectivity index (χ1n) is 10.2. The Morgan fingerprint density at radius 1 is 1.06 bits per heavy atom. The number of benzene rings is 2. The van der Waals surface area contributed by atoms with Gasteiger partial charge in [-0.3, -0.25) is 9.59 Å². The lowest BCUT2D eigenvalue weighted by Gasteiger charge is -2.18. The largest absolute Gasteiger partial charge is 0.496 e. The normalized spacial score (nSPS) is 10.7. The number of aryl methyl sites for hydroxylation is 1. The number of ether oxygens (including phenoxy) is 1. The minimum atomic E-state index is -0.562. The second kappa shape index (κ2) is 10.1. The van der Waals surface area contributed by atoms with Gasteiger partial charge in [0.05, 0.1) is 12.8 Å². The number of anilines is 1. The first-order chi connectivity index (χ1) is 15.3. The summed E-state index contributed by atoms with van der Waals surface area (Å²) in [6, 6.07) is 12.5. The maximum absolute atomic E-state index is 14.7. The van der Waals surface area contributed by atoms with Gasteiger partial charge in [-0.25, -0.2) is 9.37 Å². The molecule has 1 aromatic heterocycles. The molecule has 1 amide bonds. The second-order valence-electron chi connectivity index (χ2n) is 7.30. The number of carbonyl (C=O) groups is 2. The molecule has 0 fully saturated rings. The fraction of sp³-hybridized carbons (Fsp3) is 0.240. The fourth-order valence-corrected chi connectivity index (χ4v) is 3.38. The number of Topliss-reactive ketones (excluding diaryl/α,β-unsaturated/α-hetero) is 1. The maximum atomic E-state index is 14.7. The number of aromatic nitrogens is 1. The van der Waals surface area contributed by atoms with Crippen LogP contribution in [0.1, 0.15) is 35.7 Å². The van der Waals surface area contributed by atoms with Gasteiger partial charge in [0, 0.05) is 37.2 Å². The Bertz CT molecular complexity index is 1130. The number of hydrogen-bond acceptors (Lipinski definition) is 4. The Balaban J connectivity index is 1.80. The van der Waals surface area contributed by atoms with Crippen LogP contribution in [0.5, 0.6) is 5.75 Å². The number of carbonyl (C=O) groups excluding carboxylic acids is 2. The van der Waals surface area contributed by atoms with Crippen LogP contribution in [0.25, 0.3) is 11.1 Å². The second-order valence-corrected chi connectivity index (χ2v) is 7.30. The Morgan fingerprint density at radius 3 is 2.47 bits per heavy atom. The van der Waals surface area contributed by atoms with E-state index >= 15 is 0 Å². The highest BCUT2D eigenvalue weighted by Gasteiger charge is 2.17. The molecule has 0 aliphatic heterocycles. The summed E-state index contributed by atoms with van der Waals surface area (Å²) in [6.07, 6.45) is 2.36. The van der Waals surface area contributed by atoms with Crippen molar-refractivity contribution in [1.29, 1.82) is 0 Å². The highest BCUT2D eigenvalue weighted by atomic mass is 19.1. The zero-order valence-corrected chi connectivity index (χ0v) is 18.2. The molecule has 0 bridgehead atoms. The summed E-state index contributed by atoms with van der Waals surface area (Å²) in [6.45, 7) is 1.72. The molecular weight excluding hydrogens is 414 g/mol. The van der Waals surface area contributed by atoms with Crippen LogP contribution in [-0.2, 0) is 11.2 Å². The molecule has 3 aromatic rings. The van der Waals surface area contributed by atoms with E-state index < -0.39 is 11.8 Å². The molecule has 166 valence electrons. The van der Waals surface area contributed by atoms with Crippen LogP contribution < -0.4 is 9.64 Å². The fourth-order valence-electron chi connectivity index (χ4n) is 3.38. The Labute approximate surface area is 185 Å². The summed E-state index contributed by atoms with van der Waals surface area (Å²) in [5.74, 6) is -0.936. The molecule has 0 atom stereocenters. The first-order valence-corrected chi connectivity index (χ1v) is 10.2. The van der Waals surface area contributed by atoms with Crippen molar-refractivity contribution >= 4 is 17.4 Å². The number of pyridine rings is 1. The van der Waals surface area contributed by atoms with Crippen molar-refractivity contribution in [2.45, 2.75) is 26.2 Å². The standard InChI is InChI=1S/C25H24F2N2O3/c1-4-25(31)29(2)21-10-8-17(13-20(21)26)19-9-7-18(14-23(19)32-3)22(30)11-5-16-6-12-24(27)28-15-16/h6-10,12-15H,4-5,11H2,1-3H3. The molecule has 5 nitrogen and oxygen atoms in total. The predicted molar refractivity (Wildman–Crippen MR) is 119 cm³/mol. The number of halogens is 2. The van der Waals surface area contributed by atoms with Crippen LogP contribution in [0.15, 0.2) is 54.7 Å². The molecule has 0 N–H and O–H groups in total. The molecule has 0 aliphatic rings. The van der Waals surface area contributed by atoms with E-state index in [2.05, 4.69) is 4.98 Å². The van der Waals surface area contributed by atoms with Gasteiger partial charge in [0.25, 0.3) is 0 Å². The lowest BCUT2D eigenvalue weighted by molar-refractivity contribution is -0.118. The summed E-state index contributed by atoms with van der Waals surface area (Å²) in [4.78, 5) is 29.4. The van der Waals surface area contributed by atoms with Crippen LogP contribution in [0.3, 0.4) is 0 Å². The van der Waals surface area contributed by atoms with Gasteiger partial charge in [0.1, 0.15) is 11.6 Å². The van der Waals surface area contributed by atoms with Gasteiger partial charge in [-0.1, -0.05) is 25.1 Å². The van der Waals surface area contributed by atoms with Crippen LogP contribution in [-0.4, -0.2) is 30.8 Å². The van der Waals surface area contributed by atoms with Crippen molar-refractivity contribution in [3.8, 4) is 16.9 Å². The summed E-state index contributed by atoms with van der Waals surface area (Å²) in [7, 11) is 3.02. The van der Waals surface area contributed by atoms with Crippen molar-refractivity contribution in [2.24, 2.45) is 0 Å². The number of ketones is 1. The topological polar surface area (TPSA) is 59.5 Å². The average Bonchev–Trinajstić information content (AvgIpc) is 2.82. The first kappa shape index (κ1) is 23.1. The zero-order chi connectivity index (χ0) is 23.3. The van der Waals surface area contributed by atoms with Crippen molar-refractivity contribution in [1.82, 2.24) is 4.98 Å². The number of methoxy groups -OCH3 is 1. The molecule has 0 saturated heterocycles. The molecule has 32 heavy (non-hydrogen) atoms. The summed E-state index contributed by atoms with van der Waals surface area (Å²) >= 11 is 0. The number of nitrogens with zero attached hydrogens (tertiary/aromatic N) is 2. The van der Waals surface area contributed by atoms with E-state index in [0.717, 1.165) is 5.56 Å². The van der Waals surface area contributed by atoms with Crippen LogP contribution in [0.4, 0.5) is 14.5 Å². The summed E-state index contributed by atoms with van der Waals surface area (Å²) in [5, 5.41) is 0. The van der Waals surface area contributed by atoms with Gasteiger partial charge in [0.2, 0.25) is 11.9 Å². The molecule has 0 aliphatic carbocycles. The van der Waals surface area contributed by atoms with E-state index in [1.54, 1.807) is 43.3 Å². The molecule has 1 heterocycles. The van der Waals surface area contributed by atoms with Crippen molar-refractivity contribution < 1.29 is 23.1 Å². The Morgan fingerprint density at radius 2 is 1.84 bits per heavy atom. The quantitative estimate of drug-likeness (QED) is 0.357. The van der Waals surface area contributed by atoms with Crippen LogP contribution in [0.2, 0.25) is 0 Å². The molecule has 0 radical (unpaired) electrons. The molecule has 0 saturated carbocycles. The van der Waals surface area contributed by atoms with E-state index in [-0.39, 0.29) is 30.2 Å². The third kappa shape index (κ3) is 5.17. The lowest BCUT2D eigenvalue weighted by Crippen LogP contribution is -2.25. The van der Waals surface area contributed by atoms with Gasteiger partial charge in [-0.15, -0.1) is 0 Å². The summed E-state index contributed by atoms with van der Waals surface area (Å²) < 4.78 is 33.1. The van der Waals surface area contributed by atoms with Crippen LogP contribution in [0, 0.1) is 11.8 Å². The molecule has 0 unspecified atom stereocenters. The van der Waals surface area contributed by atoms with Gasteiger partial charge in [-0.2, -0.15) is 4.39 Å². The number of hydrogen-bond donors (Lipinski definition) is 0. The monoisotopic (exact) mass is 438 g/mol. The average molecular weight is 438 g/mol. The minimum absolute atomic E-state index is 0.0968. The number of amides is 1. The maximum Gasteiger partial charge on any atom is 0.226 e. The van der Waals surface area contributed by atoms with Gasteiger partial charge in [0.15, 0.2) is 5.78 Å². The molecule has 2 aromatic carbocycles. The SMILES string of the molecule is CCC(=O)N(C)c1ccc(-c2ccc(C(=O)CCc3ccc(F)nc3)cc2OC)cc1F. The van der Waals surface area contributed by atoms with Crippen molar-refractivity contribution in [3.05, 3.63) is 77.6 Å². The van der Waals surface area contributed by atoms with E-state index in [9.17, 15) is 18.4 Å². The van der Waals surface area contributed by atoms with E-state index in [4.69, 9.17) is 4.74 Å². The Kier molecular flexibility index (Phi) is 7.30. The third-order valence-electron chi connectivity index (χ3n) is 5.25.